The van der Waals surface area contributed by atoms with Crippen molar-refractivity contribution in [3.8, 4) is 11.5 Å². The van der Waals surface area contributed by atoms with Gasteiger partial charge in [-0.2, -0.15) is 0 Å². The molecule has 0 aliphatic carbocycles. The number of aliphatic hydroxyl groups is 1. The number of benzene rings is 1. The van der Waals surface area contributed by atoms with Crippen LogP contribution in [0.3, 0.4) is 0 Å². The van der Waals surface area contributed by atoms with E-state index in [1.54, 1.807) is 7.11 Å². The first kappa shape index (κ1) is 21.7. The number of likely N-dealkylation sites (tertiary alicyclic amines) is 1. The van der Waals surface area contributed by atoms with Gasteiger partial charge in [-0.3, -0.25) is 0 Å². The van der Waals surface area contributed by atoms with Gasteiger partial charge in [0.1, 0.15) is 12.7 Å². The molecular weight excluding hydrogens is 340 g/mol. The predicted octanol–water partition coefficient (Wildman–Crippen LogP) is 3.13. The fourth-order valence-corrected chi connectivity index (χ4v) is 3.53. The molecule has 1 fully saturated rings. The van der Waals surface area contributed by atoms with Crippen LogP contribution in [-0.4, -0.2) is 75.0 Å². The van der Waals surface area contributed by atoms with Crippen molar-refractivity contribution in [2.45, 2.75) is 32.3 Å². The maximum Gasteiger partial charge on any atom is 0.161 e. The monoisotopic (exact) mass is 376 g/mol. The number of β-amino-alcohol motifs (C(OH)–C–C–N with tert-alkyl or cyclic N) is 1. The maximum absolute atomic E-state index is 10.4. The average Bonchev–Trinajstić information content (AvgIpc) is 2.66. The lowest BCUT2D eigenvalue weighted by Crippen LogP contribution is -2.41. The van der Waals surface area contributed by atoms with E-state index in [0.717, 1.165) is 31.1 Å². The van der Waals surface area contributed by atoms with Crippen molar-refractivity contribution >= 4 is 6.08 Å². The summed E-state index contributed by atoms with van der Waals surface area (Å²) in [5.74, 6) is 2.18. The molecule has 1 aromatic carbocycles. The molecule has 1 saturated heterocycles. The van der Waals surface area contributed by atoms with Gasteiger partial charge in [0.15, 0.2) is 11.5 Å². The fourth-order valence-electron chi connectivity index (χ4n) is 3.53. The van der Waals surface area contributed by atoms with E-state index in [9.17, 15) is 5.11 Å². The van der Waals surface area contributed by atoms with Gasteiger partial charge in [-0.1, -0.05) is 18.2 Å². The highest BCUT2D eigenvalue weighted by atomic mass is 16.5. The summed E-state index contributed by atoms with van der Waals surface area (Å²) in [5, 5.41) is 10.4. The Labute approximate surface area is 164 Å². The molecule has 1 aliphatic rings. The number of rotatable bonds is 10. The van der Waals surface area contributed by atoms with Gasteiger partial charge in [0.25, 0.3) is 0 Å². The predicted molar refractivity (Wildman–Crippen MR) is 112 cm³/mol. The number of methoxy groups -OCH3 is 1. The minimum absolute atomic E-state index is 0.278. The number of ether oxygens (including phenoxy) is 2. The van der Waals surface area contributed by atoms with Crippen LogP contribution in [0.25, 0.3) is 6.08 Å². The van der Waals surface area contributed by atoms with E-state index in [4.69, 9.17) is 9.47 Å². The molecule has 1 unspecified atom stereocenters. The quantitative estimate of drug-likeness (QED) is 0.680. The lowest BCUT2D eigenvalue weighted by Gasteiger charge is -2.33. The molecule has 1 aliphatic heterocycles. The zero-order valence-electron chi connectivity index (χ0n) is 17.4. The largest absolute Gasteiger partial charge is 0.493 e. The zero-order valence-corrected chi connectivity index (χ0v) is 17.4. The van der Waals surface area contributed by atoms with E-state index < -0.39 is 6.10 Å². The summed E-state index contributed by atoms with van der Waals surface area (Å²) in [4.78, 5) is 4.61. The Hall–Kier alpha value is -1.56. The summed E-state index contributed by atoms with van der Waals surface area (Å²) in [5.41, 5.74) is 1.07. The minimum atomic E-state index is -0.497. The Morgan fingerprint density at radius 1 is 1.26 bits per heavy atom. The first-order chi connectivity index (χ1) is 13.0. The highest BCUT2D eigenvalue weighted by molar-refractivity contribution is 5.55. The van der Waals surface area contributed by atoms with E-state index in [1.165, 1.54) is 19.3 Å². The third kappa shape index (κ3) is 7.53. The van der Waals surface area contributed by atoms with Crippen LogP contribution < -0.4 is 9.47 Å². The number of piperidine rings is 1. The summed E-state index contributed by atoms with van der Waals surface area (Å²) in [6.07, 6.45) is 7.23. The summed E-state index contributed by atoms with van der Waals surface area (Å²) in [7, 11) is 5.90. The first-order valence-electron chi connectivity index (χ1n) is 10.0. The molecule has 1 aromatic rings. The van der Waals surface area contributed by atoms with Crippen LogP contribution in [-0.2, 0) is 0 Å². The first-order valence-corrected chi connectivity index (χ1v) is 10.0. The van der Waals surface area contributed by atoms with Gasteiger partial charge in [0.05, 0.1) is 7.11 Å². The second-order valence-corrected chi connectivity index (χ2v) is 7.71. The van der Waals surface area contributed by atoms with Gasteiger partial charge in [-0.25, -0.2) is 0 Å². The third-order valence-corrected chi connectivity index (χ3v) is 5.14. The van der Waals surface area contributed by atoms with Crippen LogP contribution >= 0.6 is 0 Å². The van der Waals surface area contributed by atoms with Crippen LogP contribution in [0.4, 0.5) is 0 Å². The topological polar surface area (TPSA) is 45.2 Å². The Morgan fingerprint density at radius 3 is 2.63 bits per heavy atom. The van der Waals surface area contributed by atoms with Gasteiger partial charge < -0.3 is 24.4 Å². The van der Waals surface area contributed by atoms with E-state index >= 15 is 0 Å². The average molecular weight is 377 g/mol. The number of hydrogen-bond donors (Lipinski definition) is 1. The van der Waals surface area contributed by atoms with Crippen molar-refractivity contribution in [1.82, 2.24) is 9.80 Å². The fraction of sp³-hybridized carbons (Fsp3) is 0.636. The molecule has 5 nitrogen and oxygen atoms in total. The van der Waals surface area contributed by atoms with Gasteiger partial charge >= 0.3 is 0 Å². The standard InChI is InChI=1S/C22H36N2O3/c1-5-6-19-7-8-21(22(15-19)26-4)27-17-20(25)16-24-13-10-18(11-14-24)9-12-23(2)3/h5-8,15,18,20,25H,9-14,16-17H2,1-4H3/b6-5+. The van der Waals surface area contributed by atoms with E-state index in [2.05, 4.69) is 23.9 Å². The molecule has 0 saturated carbocycles. The highest BCUT2D eigenvalue weighted by Crippen LogP contribution is 2.29. The summed E-state index contributed by atoms with van der Waals surface area (Å²) in [6.45, 7) is 6.22. The number of nitrogens with zero attached hydrogens (tertiary/aromatic N) is 2. The van der Waals surface area contributed by atoms with Crippen molar-refractivity contribution in [2.75, 3.05) is 54.0 Å². The smallest absolute Gasteiger partial charge is 0.161 e. The van der Waals surface area contributed by atoms with E-state index in [0.29, 0.717) is 18.0 Å². The summed E-state index contributed by atoms with van der Waals surface area (Å²) < 4.78 is 11.2. The molecule has 27 heavy (non-hydrogen) atoms. The van der Waals surface area contributed by atoms with Gasteiger partial charge in [-0.05, 0) is 83.5 Å². The molecule has 0 aromatic heterocycles. The zero-order chi connectivity index (χ0) is 19.6. The molecule has 5 heteroatoms. The second-order valence-electron chi connectivity index (χ2n) is 7.71. The SMILES string of the molecule is C/C=C/c1ccc(OCC(O)CN2CCC(CCN(C)C)CC2)c(OC)c1. The Balaban J connectivity index is 1.74. The van der Waals surface area contributed by atoms with Crippen molar-refractivity contribution in [3.05, 3.63) is 29.8 Å². The van der Waals surface area contributed by atoms with Crippen LogP contribution in [0.1, 0.15) is 31.7 Å². The van der Waals surface area contributed by atoms with Gasteiger partial charge in [-0.15, -0.1) is 0 Å². The molecule has 0 radical (unpaired) electrons. The van der Waals surface area contributed by atoms with Crippen LogP contribution in [0.2, 0.25) is 0 Å². The maximum atomic E-state index is 10.4. The minimum Gasteiger partial charge on any atom is -0.493 e. The Kier molecular flexibility index (Phi) is 9.11. The Morgan fingerprint density at radius 2 is 2.00 bits per heavy atom. The molecule has 1 heterocycles. The van der Waals surface area contributed by atoms with Crippen LogP contribution in [0.15, 0.2) is 24.3 Å². The lowest BCUT2D eigenvalue weighted by molar-refractivity contribution is 0.0531. The molecule has 0 amide bonds. The third-order valence-electron chi connectivity index (χ3n) is 5.14. The molecule has 1 N–H and O–H groups in total. The lowest BCUT2D eigenvalue weighted by atomic mass is 9.93. The van der Waals surface area contributed by atoms with Crippen molar-refractivity contribution in [2.24, 2.45) is 5.92 Å². The van der Waals surface area contributed by atoms with Crippen molar-refractivity contribution < 1.29 is 14.6 Å². The number of allylic oxidation sites excluding steroid dienone is 1. The van der Waals surface area contributed by atoms with Crippen LogP contribution in [0.5, 0.6) is 11.5 Å². The summed E-state index contributed by atoms with van der Waals surface area (Å²) in [6, 6.07) is 5.83. The summed E-state index contributed by atoms with van der Waals surface area (Å²) >= 11 is 0. The van der Waals surface area contributed by atoms with Gasteiger partial charge in [0, 0.05) is 6.54 Å². The van der Waals surface area contributed by atoms with Crippen molar-refractivity contribution in [1.29, 1.82) is 0 Å². The van der Waals surface area contributed by atoms with E-state index in [1.807, 2.05) is 37.3 Å². The molecule has 0 bridgehead atoms. The molecule has 152 valence electrons. The van der Waals surface area contributed by atoms with Gasteiger partial charge in [0.2, 0.25) is 0 Å². The van der Waals surface area contributed by atoms with E-state index in [-0.39, 0.29) is 6.61 Å². The Bertz CT molecular complexity index is 581. The number of hydrogen-bond acceptors (Lipinski definition) is 5. The molecule has 0 spiro atoms. The van der Waals surface area contributed by atoms with Crippen molar-refractivity contribution in [3.63, 3.8) is 0 Å². The van der Waals surface area contributed by atoms with Crippen LogP contribution in [0, 0.1) is 5.92 Å². The molecular formula is C22H36N2O3. The normalized spacial score (nSPS) is 17.6. The number of aliphatic hydroxyl groups excluding tert-OH is 1. The second kappa shape index (κ2) is 11.3. The molecule has 2 rings (SSSR count). The molecule has 1 atom stereocenters. The highest BCUT2D eigenvalue weighted by Gasteiger charge is 2.21.